The van der Waals surface area contributed by atoms with Gasteiger partial charge in [0, 0.05) is 17.7 Å². The molecule has 24 heavy (non-hydrogen) atoms. The van der Waals surface area contributed by atoms with Crippen LogP contribution in [0.1, 0.15) is 46.1 Å². The molecule has 1 amide bonds. The molecule has 1 aliphatic rings. The maximum Gasteiger partial charge on any atom is 0.258 e. The Hall–Kier alpha value is -2.69. The van der Waals surface area contributed by atoms with Crippen LogP contribution in [0.4, 0.5) is 0 Å². The number of benzene rings is 1. The van der Waals surface area contributed by atoms with Crippen molar-refractivity contribution in [3.63, 3.8) is 0 Å². The lowest BCUT2D eigenvalue weighted by Gasteiger charge is -2.37. The molecule has 2 atom stereocenters. The van der Waals surface area contributed by atoms with Crippen molar-refractivity contribution in [2.24, 2.45) is 0 Å². The SMILES string of the molecule is Cc1cc(C(=O)N[C@@H]2CC[C@H]2c2ccccc2)c2c(C)noc2n1. The van der Waals surface area contributed by atoms with E-state index < -0.39 is 0 Å². The quantitative estimate of drug-likeness (QED) is 0.801. The van der Waals surface area contributed by atoms with E-state index in [1.54, 1.807) is 6.07 Å². The standard InChI is InChI=1S/C19H19N3O2/c1-11-10-15(17-12(2)22-24-19(17)20-11)18(23)21-16-9-8-14(16)13-6-4-3-5-7-13/h3-7,10,14,16H,8-9H2,1-2H3,(H,21,23)/t14-,16+/m0/s1. The summed E-state index contributed by atoms with van der Waals surface area (Å²) in [4.78, 5) is 17.1. The minimum absolute atomic E-state index is 0.0811. The van der Waals surface area contributed by atoms with E-state index in [4.69, 9.17) is 4.52 Å². The molecule has 1 fully saturated rings. The highest BCUT2D eigenvalue weighted by Crippen LogP contribution is 2.37. The molecule has 1 N–H and O–H groups in total. The van der Waals surface area contributed by atoms with Crippen LogP contribution in [0.3, 0.4) is 0 Å². The van der Waals surface area contributed by atoms with E-state index in [9.17, 15) is 4.79 Å². The lowest BCUT2D eigenvalue weighted by atomic mass is 9.75. The minimum Gasteiger partial charge on any atom is -0.349 e. The Labute approximate surface area is 140 Å². The number of carbonyl (C=O) groups excluding carboxylic acids is 1. The zero-order valence-electron chi connectivity index (χ0n) is 13.7. The number of fused-ring (bicyclic) bond motifs is 1. The fourth-order valence-electron chi connectivity index (χ4n) is 3.41. The van der Waals surface area contributed by atoms with Crippen molar-refractivity contribution in [1.29, 1.82) is 0 Å². The molecule has 0 bridgehead atoms. The van der Waals surface area contributed by atoms with Crippen LogP contribution in [0.15, 0.2) is 40.9 Å². The van der Waals surface area contributed by atoms with E-state index in [1.807, 2.05) is 32.0 Å². The monoisotopic (exact) mass is 321 g/mol. The molecule has 0 aliphatic heterocycles. The van der Waals surface area contributed by atoms with E-state index in [-0.39, 0.29) is 11.9 Å². The summed E-state index contributed by atoms with van der Waals surface area (Å²) in [6.45, 7) is 3.68. The van der Waals surface area contributed by atoms with Gasteiger partial charge in [-0.15, -0.1) is 0 Å². The lowest BCUT2D eigenvalue weighted by molar-refractivity contribution is 0.0906. The van der Waals surface area contributed by atoms with Crippen LogP contribution in [0.2, 0.25) is 0 Å². The largest absolute Gasteiger partial charge is 0.349 e. The smallest absolute Gasteiger partial charge is 0.258 e. The molecule has 1 aliphatic carbocycles. The van der Waals surface area contributed by atoms with Crippen molar-refractivity contribution >= 4 is 17.0 Å². The highest BCUT2D eigenvalue weighted by Gasteiger charge is 2.33. The molecule has 1 aromatic carbocycles. The molecule has 0 saturated heterocycles. The molecule has 0 unspecified atom stereocenters. The van der Waals surface area contributed by atoms with Crippen molar-refractivity contribution in [2.45, 2.75) is 38.6 Å². The van der Waals surface area contributed by atoms with Crippen LogP contribution in [0.5, 0.6) is 0 Å². The summed E-state index contributed by atoms with van der Waals surface area (Å²) in [5.41, 5.74) is 3.74. The fourth-order valence-corrected chi connectivity index (χ4v) is 3.41. The third kappa shape index (κ3) is 2.46. The number of hydrogen-bond acceptors (Lipinski definition) is 4. The number of aryl methyl sites for hydroxylation is 2. The van der Waals surface area contributed by atoms with Gasteiger partial charge in [0.25, 0.3) is 11.6 Å². The normalized spacial score (nSPS) is 19.9. The van der Waals surface area contributed by atoms with Gasteiger partial charge < -0.3 is 9.84 Å². The molecular weight excluding hydrogens is 302 g/mol. The number of aromatic nitrogens is 2. The van der Waals surface area contributed by atoms with Crippen molar-refractivity contribution in [2.75, 3.05) is 0 Å². The molecule has 5 nitrogen and oxygen atoms in total. The predicted octanol–water partition coefficient (Wildman–Crippen LogP) is 3.52. The Kier molecular flexibility index (Phi) is 3.56. The van der Waals surface area contributed by atoms with Gasteiger partial charge in [-0.3, -0.25) is 4.79 Å². The van der Waals surface area contributed by atoms with E-state index >= 15 is 0 Å². The lowest BCUT2D eigenvalue weighted by Crippen LogP contribution is -2.45. The predicted molar refractivity (Wildman–Crippen MR) is 90.9 cm³/mol. The molecular formula is C19H19N3O2. The molecule has 5 heteroatoms. The molecule has 1 saturated carbocycles. The number of nitrogens with one attached hydrogen (secondary N) is 1. The van der Waals surface area contributed by atoms with Gasteiger partial charge in [-0.1, -0.05) is 35.5 Å². The molecule has 3 aromatic rings. The van der Waals surface area contributed by atoms with Crippen LogP contribution in [0, 0.1) is 13.8 Å². The number of carbonyl (C=O) groups is 1. The number of nitrogens with zero attached hydrogens (tertiary/aromatic N) is 2. The first kappa shape index (κ1) is 14.9. The summed E-state index contributed by atoms with van der Waals surface area (Å²) in [5, 5.41) is 7.82. The second-order valence-corrected chi connectivity index (χ2v) is 6.43. The van der Waals surface area contributed by atoms with Gasteiger partial charge in [0.05, 0.1) is 16.6 Å². The first-order valence-corrected chi connectivity index (χ1v) is 8.23. The number of hydrogen-bond donors (Lipinski definition) is 1. The molecule has 2 aromatic heterocycles. The maximum absolute atomic E-state index is 12.8. The van der Waals surface area contributed by atoms with Gasteiger partial charge >= 0.3 is 0 Å². The zero-order valence-corrected chi connectivity index (χ0v) is 13.7. The van der Waals surface area contributed by atoms with Gasteiger partial charge in [0.2, 0.25) is 0 Å². The molecule has 0 radical (unpaired) electrons. The Morgan fingerprint density at radius 3 is 2.71 bits per heavy atom. The zero-order chi connectivity index (χ0) is 16.7. The Morgan fingerprint density at radius 1 is 1.21 bits per heavy atom. The number of pyridine rings is 1. The van der Waals surface area contributed by atoms with Crippen molar-refractivity contribution in [3.8, 4) is 0 Å². The molecule has 122 valence electrons. The third-order valence-corrected chi connectivity index (χ3v) is 4.81. The van der Waals surface area contributed by atoms with Gasteiger partial charge in [0.15, 0.2) is 0 Å². The van der Waals surface area contributed by atoms with E-state index in [1.165, 1.54) is 5.56 Å². The highest BCUT2D eigenvalue weighted by molar-refractivity contribution is 6.06. The van der Waals surface area contributed by atoms with E-state index in [0.717, 1.165) is 18.5 Å². The summed E-state index contributed by atoms with van der Waals surface area (Å²) in [6.07, 6.45) is 2.10. The first-order valence-electron chi connectivity index (χ1n) is 8.23. The highest BCUT2D eigenvalue weighted by atomic mass is 16.5. The molecule has 4 rings (SSSR count). The Balaban J connectivity index is 1.60. The van der Waals surface area contributed by atoms with Gasteiger partial charge in [-0.05, 0) is 38.3 Å². The van der Waals surface area contributed by atoms with Gasteiger partial charge in [-0.2, -0.15) is 0 Å². The first-order chi connectivity index (χ1) is 11.6. The van der Waals surface area contributed by atoms with Crippen LogP contribution < -0.4 is 5.32 Å². The van der Waals surface area contributed by atoms with Crippen LogP contribution in [-0.4, -0.2) is 22.1 Å². The van der Waals surface area contributed by atoms with Crippen molar-refractivity contribution in [3.05, 3.63) is 58.9 Å². The van der Waals surface area contributed by atoms with Crippen LogP contribution >= 0.6 is 0 Å². The summed E-state index contributed by atoms with van der Waals surface area (Å²) < 4.78 is 5.21. The Morgan fingerprint density at radius 2 is 2.00 bits per heavy atom. The average Bonchev–Trinajstić information content (AvgIpc) is 2.92. The number of amides is 1. The second kappa shape index (κ2) is 5.74. The second-order valence-electron chi connectivity index (χ2n) is 6.43. The third-order valence-electron chi connectivity index (χ3n) is 4.81. The van der Waals surface area contributed by atoms with Gasteiger partial charge in [0.1, 0.15) is 0 Å². The summed E-state index contributed by atoms with van der Waals surface area (Å²) in [7, 11) is 0. The topological polar surface area (TPSA) is 68.0 Å². The fraction of sp³-hybridized carbons (Fsp3) is 0.316. The van der Waals surface area contributed by atoms with Crippen molar-refractivity contribution < 1.29 is 9.32 Å². The number of rotatable bonds is 3. The Bertz CT molecular complexity index is 902. The summed E-state index contributed by atoms with van der Waals surface area (Å²) >= 11 is 0. The molecule has 2 heterocycles. The maximum atomic E-state index is 12.8. The van der Waals surface area contributed by atoms with E-state index in [2.05, 4.69) is 27.6 Å². The average molecular weight is 321 g/mol. The summed E-state index contributed by atoms with van der Waals surface area (Å²) in [6, 6.07) is 12.3. The van der Waals surface area contributed by atoms with Crippen molar-refractivity contribution in [1.82, 2.24) is 15.5 Å². The van der Waals surface area contributed by atoms with Crippen LogP contribution in [-0.2, 0) is 0 Å². The van der Waals surface area contributed by atoms with Crippen LogP contribution in [0.25, 0.3) is 11.1 Å². The summed E-state index contributed by atoms with van der Waals surface area (Å²) in [5.74, 6) is 0.305. The molecule has 0 spiro atoms. The van der Waals surface area contributed by atoms with Gasteiger partial charge in [-0.25, -0.2) is 4.98 Å². The van der Waals surface area contributed by atoms with E-state index in [0.29, 0.717) is 28.3 Å². The minimum atomic E-state index is -0.0811.